The molecule has 12 heteroatoms. The standard InChI is InChI=1S/C49H52N4O7S/c1-32(54)52-27-25-41(26-28-52)53(30-35-15-21-38(22-16-35)49(58)60-3)31-36-7-6-8-39(29-36)45(55)51-47-44(42-9-4-5-10-43(42)61-47)46(56)50-40-23-17-34(18-24-40)12-11-33-13-19-37(20-14-33)48(57)59-2/h6-8,13-24,29,41H,4-5,9-12,25-28,30-31H2,1-3H3,(H,50,56)(H,51,55). The first-order chi connectivity index (χ1) is 29.6. The summed E-state index contributed by atoms with van der Waals surface area (Å²) in [5.41, 5.74) is 7.97. The summed E-state index contributed by atoms with van der Waals surface area (Å²) in [6.45, 7) is 4.18. The van der Waals surface area contributed by atoms with Crippen molar-refractivity contribution in [1.29, 1.82) is 0 Å². The summed E-state index contributed by atoms with van der Waals surface area (Å²) >= 11 is 1.49. The number of likely N-dealkylation sites (tertiary alicyclic amines) is 1. The molecule has 2 heterocycles. The van der Waals surface area contributed by atoms with Crippen LogP contribution in [-0.2, 0) is 53.0 Å². The zero-order valence-electron chi connectivity index (χ0n) is 35.0. The number of amides is 3. The topological polar surface area (TPSA) is 134 Å². The monoisotopic (exact) mass is 840 g/mol. The minimum Gasteiger partial charge on any atom is -0.465 e. The minimum atomic E-state index is -0.383. The molecule has 1 saturated heterocycles. The van der Waals surface area contributed by atoms with E-state index in [0.717, 1.165) is 84.1 Å². The van der Waals surface area contributed by atoms with Gasteiger partial charge in [0.05, 0.1) is 30.9 Å². The Morgan fingerprint density at radius 2 is 1.25 bits per heavy atom. The number of rotatable bonds is 14. The number of anilines is 2. The highest BCUT2D eigenvalue weighted by Crippen LogP contribution is 2.39. The summed E-state index contributed by atoms with van der Waals surface area (Å²) in [5.74, 6) is -1.18. The van der Waals surface area contributed by atoms with Crippen molar-refractivity contribution in [3.8, 4) is 0 Å². The van der Waals surface area contributed by atoms with Gasteiger partial charge in [0.25, 0.3) is 11.8 Å². The molecule has 0 spiro atoms. The number of hydrogen-bond donors (Lipinski definition) is 2. The molecule has 2 N–H and O–H groups in total. The highest BCUT2D eigenvalue weighted by Gasteiger charge is 2.28. The second kappa shape index (κ2) is 20.0. The maximum Gasteiger partial charge on any atom is 0.337 e. The number of carbonyl (C=O) groups is 5. The number of fused-ring (bicyclic) bond motifs is 1. The average molecular weight is 841 g/mol. The molecule has 1 fully saturated rings. The molecule has 0 unspecified atom stereocenters. The molecule has 316 valence electrons. The zero-order chi connectivity index (χ0) is 42.9. The van der Waals surface area contributed by atoms with Gasteiger partial charge in [0.1, 0.15) is 5.00 Å². The first-order valence-corrected chi connectivity index (χ1v) is 21.7. The van der Waals surface area contributed by atoms with Gasteiger partial charge >= 0.3 is 11.9 Å². The molecule has 0 atom stereocenters. The van der Waals surface area contributed by atoms with Crippen molar-refractivity contribution in [2.45, 2.75) is 77.4 Å². The van der Waals surface area contributed by atoms with Crippen LogP contribution < -0.4 is 10.6 Å². The van der Waals surface area contributed by atoms with Crippen LogP contribution in [0, 0.1) is 0 Å². The van der Waals surface area contributed by atoms with Crippen molar-refractivity contribution in [3.63, 3.8) is 0 Å². The predicted molar refractivity (Wildman–Crippen MR) is 237 cm³/mol. The van der Waals surface area contributed by atoms with Gasteiger partial charge in [-0.25, -0.2) is 9.59 Å². The Kier molecular flexibility index (Phi) is 14.1. The van der Waals surface area contributed by atoms with E-state index in [1.807, 2.05) is 71.6 Å². The number of hydrogen-bond acceptors (Lipinski definition) is 9. The summed E-state index contributed by atoms with van der Waals surface area (Å²) in [7, 11) is 2.74. The quantitative estimate of drug-likeness (QED) is 0.106. The van der Waals surface area contributed by atoms with E-state index in [4.69, 9.17) is 9.47 Å². The molecule has 0 saturated carbocycles. The Balaban J connectivity index is 1.03. The van der Waals surface area contributed by atoms with E-state index in [2.05, 4.69) is 15.5 Å². The molecular formula is C49H52N4O7S. The summed E-state index contributed by atoms with van der Waals surface area (Å²) < 4.78 is 9.67. The smallest absolute Gasteiger partial charge is 0.337 e. The number of methoxy groups -OCH3 is 2. The van der Waals surface area contributed by atoms with Gasteiger partial charge in [-0.2, -0.15) is 0 Å². The number of piperidine rings is 1. The molecule has 0 radical (unpaired) electrons. The first-order valence-electron chi connectivity index (χ1n) is 20.9. The largest absolute Gasteiger partial charge is 0.465 e. The first kappa shape index (κ1) is 43.0. The lowest BCUT2D eigenvalue weighted by atomic mass is 9.95. The van der Waals surface area contributed by atoms with Crippen LogP contribution in [0.5, 0.6) is 0 Å². The molecule has 11 nitrogen and oxygen atoms in total. The summed E-state index contributed by atoms with van der Waals surface area (Å²) in [5, 5.41) is 6.78. The molecular weight excluding hydrogens is 789 g/mol. The van der Waals surface area contributed by atoms with E-state index in [-0.39, 0.29) is 35.7 Å². The van der Waals surface area contributed by atoms with Crippen molar-refractivity contribution in [1.82, 2.24) is 9.80 Å². The van der Waals surface area contributed by atoms with Gasteiger partial charge in [0.15, 0.2) is 0 Å². The summed E-state index contributed by atoms with van der Waals surface area (Å²) in [6, 6.07) is 30.5. The fourth-order valence-electron chi connectivity index (χ4n) is 8.24. The van der Waals surface area contributed by atoms with Gasteiger partial charge in [0.2, 0.25) is 5.91 Å². The van der Waals surface area contributed by atoms with Crippen molar-refractivity contribution < 1.29 is 33.4 Å². The average Bonchev–Trinajstić information content (AvgIpc) is 3.66. The third-order valence-electron chi connectivity index (χ3n) is 11.7. The van der Waals surface area contributed by atoms with Crippen LogP contribution in [0.2, 0.25) is 0 Å². The van der Waals surface area contributed by atoms with Crippen LogP contribution in [0.3, 0.4) is 0 Å². The van der Waals surface area contributed by atoms with Crippen LogP contribution in [0.15, 0.2) is 97.1 Å². The molecule has 1 aliphatic carbocycles. The van der Waals surface area contributed by atoms with Crippen molar-refractivity contribution >= 4 is 51.7 Å². The van der Waals surface area contributed by atoms with E-state index in [1.165, 1.54) is 25.6 Å². The molecule has 1 aromatic heterocycles. The highest BCUT2D eigenvalue weighted by molar-refractivity contribution is 7.17. The van der Waals surface area contributed by atoms with Crippen molar-refractivity contribution in [2.24, 2.45) is 0 Å². The number of nitrogens with zero attached hydrogens (tertiary/aromatic N) is 2. The lowest BCUT2D eigenvalue weighted by Gasteiger charge is -2.38. The molecule has 7 rings (SSSR count). The van der Waals surface area contributed by atoms with Gasteiger partial charge in [-0.05, 0) is 128 Å². The number of aryl methyl sites for hydroxylation is 3. The Bertz CT molecular complexity index is 2370. The number of carbonyl (C=O) groups excluding carboxylic acids is 5. The number of thiophene rings is 1. The van der Waals surface area contributed by atoms with Gasteiger partial charge in [-0.15, -0.1) is 11.3 Å². The van der Waals surface area contributed by atoms with Crippen molar-refractivity contribution in [2.75, 3.05) is 37.9 Å². The second-order valence-electron chi connectivity index (χ2n) is 15.7. The third-order valence-corrected chi connectivity index (χ3v) is 12.9. The molecule has 1 aliphatic heterocycles. The molecule has 0 bridgehead atoms. The van der Waals surface area contributed by atoms with E-state index < -0.39 is 0 Å². The lowest BCUT2D eigenvalue weighted by Crippen LogP contribution is -2.45. The van der Waals surface area contributed by atoms with Gasteiger partial charge < -0.3 is 25.0 Å². The van der Waals surface area contributed by atoms with Gasteiger partial charge in [-0.3, -0.25) is 19.3 Å². The highest BCUT2D eigenvalue weighted by atomic mass is 32.1. The molecule has 3 amide bonds. The number of nitrogens with one attached hydrogen (secondary N) is 2. The molecule has 61 heavy (non-hydrogen) atoms. The fraction of sp³-hybridized carbons (Fsp3) is 0.327. The second-order valence-corrected chi connectivity index (χ2v) is 16.8. The Morgan fingerprint density at radius 3 is 1.85 bits per heavy atom. The van der Waals surface area contributed by atoms with E-state index >= 15 is 0 Å². The normalized spacial score (nSPS) is 13.9. The molecule has 4 aromatic carbocycles. The summed E-state index contributed by atoms with van der Waals surface area (Å²) in [6.07, 6.45) is 6.94. The fourth-order valence-corrected chi connectivity index (χ4v) is 9.52. The number of ether oxygens (including phenoxy) is 2. The lowest BCUT2D eigenvalue weighted by molar-refractivity contribution is -0.130. The Labute approximate surface area is 361 Å². The van der Waals surface area contributed by atoms with Crippen LogP contribution in [0.25, 0.3) is 0 Å². The minimum absolute atomic E-state index is 0.0818. The van der Waals surface area contributed by atoms with E-state index in [0.29, 0.717) is 59.1 Å². The third kappa shape index (κ3) is 10.8. The number of benzene rings is 4. The maximum atomic E-state index is 14.0. The van der Waals surface area contributed by atoms with Crippen LogP contribution in [-0.4, -0.2) is 72.8 Å². The summed E-state index contributed by atoms with van der Waals surface area (Å²) in [4.78, 5) is 69.4. The number of esters is 2. The van der Waals surface area contributed by atoms with Crippen LogP contribution in [0.1, 0.15) is 107 Å². The Morgan fingerprint density at radius 1 is 0.672 bits per heavy atom. The van der Waals surface area contributed by atoms with E-state index in [9.17, 15) is 24.0 Å². The van der Waals surface area contributed by atoms with Crippen molar-refractivity contribution in [3.05, 3.63) is 152 Å². The van der Waals surface area contributed by atoms with Crippen LogP contribution >= 0.6 is 11.3 Å². The Hall–Kier alpha value is -6.11. The zero-order valence-corrected chi connectivity index (χ0v) is 35.8. The van der Waals surface area contributed by atoms with Gasteiger partial charge in [-0.1, -0.05) is 48.5 Å². The van der Waals surface area contributed by atoms with E-state index in [1.54, 1.807) is 37.3 Å². The maximum absolute atomic E-state index is 14.0. The SMILES string of the molecule is COC(=O)c1ccc(CCc2ccc(NC(=O)c3c(NC(=O)c4cccc(CN(Cc5ccc(C(=O)OC)cc5)C5CCN(C(C)=O)CC5)c4)sc4c3CCCC4)cc2)cc1. The predicted octanol–water partition coefficient (Wildman–Crippen LogP) is 8.50. The molecule has 2 aliphatic rings. The van der Waals surface area contributed by atoms with Gasteiger partial charge in [0, 0.05) is 55.3 Å². The molecule has 5 aromatic rings. The van der Waals surface area contributed by atoms with Crippen LogP contribution in [0.4, 0.5) is 10.7 Å².